The molecule has 40 heavy (non-hydrogen) atoms. The van der Waals surface area contributed by atoms with Crippen LogP contribution in [0.25, 0.3) is 0 Å². The summed E-state index contributed by atoms with van der Waals surface area (Å²) in [6.07, 6.45) is 0.681. The molecule has 0 aromatic heterocycles. The van der Waals surface area contributed by atoms with Crippen molar-refractivity contribution in [1.82, 2.24) is 10.2 Å². The van der Waals surface area contributed by atoms with Crippen LogP contribution in [0.15, 0.2) is 71.6 Å². The van der Waals surface area contributed by atoms with Crippen LogP contribution in [-0.2, 0) is 26.2 Å². The Morgan fingerprint density at radius 2 is 1.75 bits per heavy atom. The van der Waals surface area contributed by atoms with Gasteiger partial charge in [-0.2, -0.15) is 0 Å². The number of hydrogen-bond acceptors (Lipinski definition) is 5. The van der Waals surface area contributed by atoms with Gasteiger partial charge >= 0.3 is 0 Å². The number of nitrogens with one attached hydrogen (secondary N) is 1. The number of halogens is 2. The van der Waals surface area contributed by atoms with E-state index >= 15 is 0 Å². The topological polar surface area (TPSA) is 96.0 Å². The van der Waals surface area contributed by atoms with Gasteiger partial charge in [0.1, 0.15) is 24.2 Å². The van der Waals surface area contributed by atoms with E-state index in [-0.39, 0.29) is 27.7 Å². The largest absolute Gasteiger partial charge is 0.495 e. The summed E-state index contributed by atoms with van der Waals surface area (Å²) < 4.78 is 48.5. The van der Waals surface area contributed by atoms with Crippen LogP contribution in [-0.4, -0.2) is 51.4 Å². The van der Waals surface area contributed by atoms with Crippen molar-refractivity contribution < 1.29 is 27.1 Å². The highest BCUT2D eigenvalue weighted by Gasteiger charge is 2.33. The van der Waals surface area contributed by atoms with E-state index in [4.69, 9.17) is 16.3 Å². The fraction of sp³-hybridized carbons (Fsp3) is 0.310. The molecule has 1 N–H and O–H groups in total. The van der Waals surface area contributed by atoms with Crippen molar-refractivity contribution in [2.24, 2.45) is 0 Å². The molecule has 0 aliphatic rings. The van der Waals surface area contributed by atoms with Crippen LogP contribution in [0.3, 0.4) is 0 Å². The predicted octanol–water partition coefficient (Wildman–Crippen LogP) is 4.93. The third-order valence-electron chi connectivity index (χ3n) is 6.33. The first-order valence-electron chi connectivity index (χ1n) is 12.7. The van der Waals surface area contributed by atoms with Crippen LogP contribution in [0.1, 0.15) is 31.4 Å². The van der Waals surface area contributed by atoms with E-state index in [0.717, 1.165) is 9.87 Å². The summed E-state index contributed by atoms with van der Waals surface area (Å²) in [6, 6.07) is 15.5. The number of benzene rings is 3. The fourth-order valence-electron chi connectivity index (χ4n) is 3.97. The van der Waals surface area contributed by atoms with E-state index < -0.39 is 40.2 Å². The van der Waals surface area contributed by atoms with Crippen molar-refractivity contribution in [3.8, 4) is 5.75 Å². The van der Waals surface area contributed by atoms with Crippen molar-refractivity contribution in [2.75, 3.05) is 24.5 Å². The molecule has 0 saturated carbocycles. The Balaban J connectivity index is 2.07. The zero-order valence-corrected chi connectivity index (χ0v) is 24.4. The Labute approximate surface area is 239 Å². The van der Waals surface area contributed by atoms with Gasteiger partial charge in [0.05, 0.1) is 22.7 Å². The summed E-state index contributed by atoms with van der Waals surface area (Å²) in [4.78, 5) is 27.9. The molecule has 2 amide bonds. The normalized spacial score (nSPS) is 11.9. The minimum Gasteiger partial charge on any atom is -0.495 e. The molecule has 3 aromatic carbocycles. The second kappa shape index (κ2) is 13.6. The molecule has 0 radical (unpaired) electrons. The predicted molar refractivity (Wildman–Crippen MR) is 153 cm³/mol. The Morgan fingerprint density at radius 3 is 2.35 bits per heavy atom. The lowest BCUT2D eigenvalue weighted by Crippen LogP contribution is -2.51. The summed E-state index contributed by atoms with van der Waals surface area (Å²) in [5, 5.41) is 2.89. The lowest BCUT2D eigenvalue weighted by Gasteiger charge is -2.32. The maximum absolute atomic E-state index is 14.6. The number of amides is 2. The van der Waals surface area contributed by atoms with Crippen LogP contribution in [0.4, 0.5) is 10.1 Å². The first-order chi connectivity index (χ1) is 19.0. The number of methoxy groups -OCH3 is 1. The third-order valence-corrected chi connectivity index (χ3v) is 8.41. The number of rotatable bonds is 12. The SMILES string of the molecule is CCCNC(=O)C(C)N(Cc1ccccc1F)C(=O)CN(c1ccc(OC)c(Cl)c1)S(=O)(=O)c1ccc(C)cc1. The van der Waals surface area contributed by atoms with Gasteiger partial charge in [-0.15, -0.1) is 0 Å². The number of aryl methyl sites for hydroxylation is 1. The molecule has 1 atom stereocenters. The molecule has 11 heteroatoms. The van der Waals surface area contributed by atoms with Crippen LogP contribution in [0.2, 0.25) is 5.02 Å². The van der Waals surface area contributed by atoms with Crippen molar-refractivity contribution in [1.29, 1.82) is 0 Å². The summed E-state index contributed by atoms with van der Waals surface area (Å²) in [6.45, 7) is 4.72. The lowest BCUT2D eigenvalue weighted by molar-refractivity contribution is -0.139. The zero-order chi connectivity index (χ0) is 29.4. The molecular weight excluding hydrogens is 557 g/mol. The number of carbonyl (C=O) groups is 2. The molecule has 3 rings (SSSR count). The maximum atomic E-state index is 14.6. The Bertz CT molecular complexity index is 1450. The van der Waals surface area contributed by atoms with Gasteiger partial charge in [-0.1, -0.05) is 54.4 Å². The number of hydrogen-bond donors (Lipinski definition) is 1. The summed E-state index contributed by atoms with van der Waals surface area (Å²) in [5.41, 5.74) is 1.16. The highest BCUT2D eigenvalue weighted by Crippen LogP contribution is 2.32. The number of ether oxygens (including phenoxy) is 1. The maximum Gasteiger partial charge on any atom is 0.264 e. The Morgan fingerprint density at radius 1 is 1.07 bits per heavy atom. The summed E-state index contributed by atoms with van der Waals surface area (Å²) in [5.74, 6) is -1.36. The van der Waals surface area contributed by atoms with Crippen LogP contribution >= 0.6 is 11.6 Å². The second-order valence-electron chi connectivity index (χ2n) is 9.22. The monoisotopic (exact) mass is 589 g/mol. The van der Waals surface area contributed by atoms with Gasteiger partial charge in [0, 0.05) is 18.7 Å². The number of carbonyl (C=O) groups excluding carboxylic acids is 2. The molecule has 0 aliphatic carbocycles. The van der Waals surface area contributed by atoms with Crippen LogP contribution < -0.4 is 14.4 Å². The molecule has 8 nitrogen and oxygen atoms in total. The van der Waals surface area contributed by atoms with Gasteiger partial charge in [-0.3, -0.25) is 13.9 Å². The molecule has 0 fully saturated rings. The molecule has 0 bridgehead atoms. The van der Waals surface area contributed by atoms with Gasteiger partial charge in [-0.05, 0) is 56.7 Å². The number of anilines is 1. The molecule has 214 valence electrons. The van der Waals surface area contributed by atoms with Gasteiger partial charge in [0.25, 0.3) is 10.0 Å². The zero-order valence-electron chi connectivity index (χ0n) is 22.9. The van der Waals surface area contributed by atoms with Crippen molar-refractivity contribution >= 4 is 39.1 Å². The van der Waals surface area contributed by atoms with Gasteiger partial charge in [0.2, 0.25) is 11.8 Å². The minimum atomic E-state index is -4.27. The molecule has 0 spiro atoms. The van der Waals surface area contributed by atoms with E-state index in [1.807, 2.05) is 13.8 Å². The Hall–Kier alpha value is -3.63. The lowest BCUT2D eigenvalue weighted by atomic mass is 10.1. The molecule has 3 aromatic rings. The second-order valence-corrected chi connectivity index (χ2v) is 11.5. The summed E-state index contributed by atoms with van der Waals surface area (Å²) in [7, 11) is -2.84. The Kier molecular flexibility index (Phi) is 10.5. The van der Waals surface area contributed by atoms with Gasteiger partial charge in [-0.25, -0.2) is 12.8 Å². The van der Waals surface area contributed by atoms with Gasteiger partial charge < -0.3 is 15.0 Å². The van der Waals surface area contributed by atoms with Crippen LogP contribution in [0, 0.1) is 12.7 Å². The van der Waals surface area contributed by atoms with Gasteiger partial charge in [0.15, 0.2) is 0 Å². The van der Waals surface area contributed by atoms with Crippen molar-refractivity contribution in [2.45, 2.75) is 44.7 Å². The van der Waals surface area contributed by atoms with E-state index in [0.29, 0.717) is 18.7 Å². The van der Waals surface area contributed by atoms with Crippen LogP contribution in [0.5, 0.6) is 5.75 Å². The third kappa shape index (κ3) is 7.31. The molecule has 0 aliphatic heterocycles. The first kappa shape index (κ1) is 30.9. The molecule has 0 heterocycles. The molecule has 0 saturated heterocycles. The average Bonchev–Trinajstić information content (AvgIpc) is 2.93. The average molecular weight is 590 g/mol. The highest BCUT2D eigenvalue weighted by atomic mass is 35.5. The quantitative estimate of drug-likeness (QED) is 0.323. The molecular formula is C29H33ClFN3O5S. The number of nitrogens with zero attached hydrogens (tertiary/aromatic N) is 2. The molecule has 1 unspecified atom stereocenters. The highest BCUT2D eigenvalue weighted by molar-refractivity contribution is 7.92. The van der Waals surface area contributed by atoms with E-state index in [2.05, 4.69) is 5.32 Å². The fourth-order valence-corrected chi connectivity index (χ4v) is 5.62. The smallest absolute Gasteiger partial charge is 0.264 e. The van der Waals surface area contributed by atoms with Crippen molar-refractivity contribution in [3.05, 3.63) is 88.7 Å². The van der Waals surface area contributed by atoms with E-state index in [1.165, 1.54) is 67.5 Å². The first-order valence-corrected chi connectivity index (χ1v) is 14.5. The van der Waals surface area contributed by atoms with E-state index in [9.17, 15) is 22.4 Å². The minimum absolute atomic E-state index is 0.0350. The standard InChI is InChI=1S/C29H33ClFN3O5S/c1-5-16-32-29(36)21(3)33(18-22-8-6-7-9-26(22)31)28(35)19-34(23-12-15-27(39-4)25(30)17-23)40(37,38)24-13-10-20(2)11-14-24/h6-15,17,21H,5,16,18-19H2,1-4H3,(H,32,36). The number of sulfonamides is 1. The van der Waals surface area contributed by atoms with Crippen molar-refractivity contribution in [3.63, 3.8) is 0 Å². The van der Waals surface area contributed by atoms with E-state index in [1.54, 1.807) is 18.2 Å². The summed E-state index contributed by atoms with van der Waals surface area (Å²) >= 11 is 6.32.